The maximum atomic E-state index is 12.2. The quantitative estimate of drug-likeness (QED) is 0.641. The summed E-state index contributed by atoms with van der Waals surface area (Å²) in [5.74, 6) is -0.417. The number of aryl methyl sites for hydroxylation is 1. The van der Waals surface area contributed by atoms with Crippen LogP contribution in [0, 0.1) is 17.6 Å². The summed E-state index contributed by atoms with van der Waals surface area (Å²) >= 11 is 0. The molecule has 0 saturated carbocycles. The van der Waals surface area contributed by atoms with E-state index in [2.05, 4.69) is 10.4 Å². The summed E-state index contributed by atoms with van der Waals surface area (Å²) < 4.78 is 5.11. The van der Waals surface area contributed by atoms with E-state index in [4.69, 9.17) is 4.74 Å². The number of pyridine rings is 1. The topological polar surface area (TPSA) is 63.0 Å². The van der Waals surface area contributed by atoms with E-state index in [1.807, 2.05) is 37.6 Å². The largest absolute Gasteiger partial charge is 0.462 e. The number of fused-ring (bicyclic) bond motifs is 1. The number of carbonyl (C=O) groups excluding carboxylic acids is 1. The van der Waals surface area contributed by atoms with Gasteiger partial charge in [-0.05, 0) is 38.5 Å². The zero-order chi connectivity index (χ0) is 15.6. The van der Waals surface area contributed by atoms with Gasteiger partial charge in [0.2, 0.25) is 0 Å². The monoisotopic (exact) mass is 302 g/mol. The Balaban J connectivity index is 2.84. The number of nitrogens with zero attached hydrogens (tertiary/aromatic N) is 2. The third-order valence-electron chi connectivity index (χ3n) is 3.21. The first kappa shape index (κ1) is 15.3. The Morgan fingerprint density at radius 3 is 2.76 bits per heavy atom. The Kier molecular flexibility index (Phi) is 4.19. The normalized spacial score (nSPS) is 12.0. The number of thiocyanates is 1. The van der Waals surface area contributed by atoms with Crippen molar-refractivity contribution in [2.75, 3.05) is 19.1 Å². The van der Waals surface area contributed by atoms with Gasteiger partial charge < -0.3 is 4.74 Å². The van der Waals surface area contributed by atoms with Gasteiger partial charge in [0.25, 0.3) is 0 Å². The van der Waals surface area contributed by atoms with Crippen molar-refractivity contribution in [2.45, 2.75) is 18.7 Å². The van der Waals surface area contributed by atoms with Crippen molar-refractivity contribution in [3.63, 3.8) is 0 Å². The van der Waals surface area contributed by atoms with Crippen molar-refractivity contribution in [3.8, 4) is 5.40 Å². The third kappa shape index (κ3) is 2.86. The van der Waals surface area contributed by atoms with E-state index in [0.717, 1.165) is 21.4 Å². The van der Waals surface area contributed by atoms with Crippen LogP contribution in [-0.2, 0) is 4.74 Å². The van der Waals surface area contributed by atoms with Crippen LogP contribution < -0.4 is 0 Å². The van der Waals surface area contributed by atoms with Crippen LogP contribution in [0.2, 0.25) is 0 Å². The minimum atomic E-state index is -1.77. The molecule has 1 heterocycles. The van der Waals surface area contributed by atoms with Crippen LogP contribution in [0.25, 0.3) is 10.9 Å². The van der Waals surface area contributed by atoms with Crippen LogP contribution in [0.3, 0.4) is 0 Å². The molecule has 1 aromatic heterocycles. The lowest BCUT2D eigenvalue weighted by molar-refractivity contribution is 0.0522. The number of hydrogen-bond donors (Lipinski definition) is 0. The lowest BCUT2D eigenvalue weighted by Crippen LogP contribution is -2.11. The highest BCUT2D eigenvalue weighted by Crippen LogP contribution is 2.52. The molecule has 0 amide bonds. The Hall–Kier alpha value is -2.06. The Morgan fingerprint density at radius 2 is 2.14 bits per heavy atom. The summed E-state index contributed by atoms with van der Waals surface area (Å²) in [6.07, 6.45) is 5.29. The Labute approximate surface area is 126 Å². The smallest absolute Gasteiger partial charge is 0.340 e. The molecule has 1 aromatic carbocycles. The van der Waals surface area contributed by atoms with Gasteiger partial charge in [-0.1, -0.05) is 11.6 Å². The summed E-state index contributed by atoms with van der Waals surface area (Å²) in [6.45, 7) is 4.04. The number of nitriles is 1. The number of ether oxygens (including phenoxy) is 1. The molecule has 110 valence electrons. The van der Waals surface area contributed by atoms with Crippen LogP contribution in [0.5, 0.6) is 0 Å². The van der Waals surface area contributed by atoms with Crippen molar-refractivity contribution >= 4 is 26.9 Å². The highest BCUT2D eigenvalue weighted by Gasteiger charge is 2.26. The Bertz CT molecular complexity index is 748. The second-order valence-electron chi connectivity index (χ2n) is 5.16. The second-order valence-corrected chi connectivity index (χ2v) is 8.40. The van der Waals surface area contributed by atoms with Crippen molar-refractivity contribution < 1.29 is 9.53 Å². The number of hydrogen-bond acceptors (Lipinski definition) is 4. The highest BCUT2D eigenvalue weighted by atomic mass is 32.3. The van der Waals surface area contributed by atoms with Crippen molar-refractivity contribution in [2.24, 2.45) is 0 Å². The van der Waals surface area contributed by atoms with Crippen molar-refractivity contribution in [1.82, 2.24) is 4.98 Å². The number of rotatable bonds is 3. The van der Waals surface area contributed by atoms with E-state index < -0.39 is 16.0 Å². The maximum Gasteiger partial charge on any atom is 0.340 e. The van der Waals surface area contributed by atoms with Crippen LogP contribution in [-0.4, -0.2) is 30.1 Å². The SMILES string of the molecule is CCOC(=O)c1cnc2ccc(C)cc2c1S(C)(C)C#N. The van der Waals surface area contributed by atoms with E-state index in [1.165, 1.54) is 6.20 Å². The number of aromatic nitrogens is 1. The van der Waals surface area contributed by atoms with Crippen molar-refractivity contribution in [1.29, 1.82) is 5.26 Å². The van der Waals surface area contributed by atoms with Crippen molar-refractivity contribution in [3.05, 3.63) is 35.5 Å². The number of carbonyl (C=O) groups is 1. The van der Waals surface area contributed by atoms with Gasteiger partial charge in [0, 0.05) is 16.5 Å². The highest BCUT2D eigenvalue weighted by molar-refractivity contribution is 8.36. The minimum Gasteiger partial charge on any atom is -0.462 e. The van der Waals surface area contributed by atoms with Gasteiger partial charge in [-0.15, -0.1) is 10.0 Å². The summed E-state index contributed by atoms with van der Waals surface area (Å²) in [6, 6.07) is 5.86. The zero-order valence-corrected chi connectivity index (χ0v) is 13.5. The molecule has 0 N–H and O–H groups in total. The molecule has 0 spiro atoms. The van der Waals surface area contributed by atoms with Gasteiger partial charge in [0.1, 0.15) is 5.40 Å². The predicted molar refractivity (Wildman–Crippen MR) is 85.8 cm³/mol. The first-order chi connectivity index (χ1) is 9.90. The summed E-state index contributed by atoms with van der Waals surface area (Å²) in [7, 11) is -1.77. The second kappa shape index (κ2) is 5.74. The molecular formula is C16H18N2O2S. The first-order valence-electron chi connectivity index (χ1n) is 6.61. The van der Waals surface area contributed by atoms with E-state index in [9.17, 15) is 10.1 Å². The van der Waals surface area contributed by atoms with Gasteiger partial charge in [-0.25, -0.2) is 4.79 Å². The summed E-state index contributed by atoms with van der Waals surface area (Å²) in [4.78, 5) is 17.3. The van der Waals surface area contributed by atoms with E-state index in [1.54, 1.807) is 6.92 Å². The Morgan fingerprint density at radius 1 is 1.43 bits per heavy atom. The molecule has 2 aromatic rings. The molecule has 0 fully saturated rings. The van der Waals surface area contributed by atoms with Crippen LogP contribution in [0.15, 0.2) is 29.3 Å². The standard InChI is InChI=1S/C16H18N2O2S/c1-5-20-16(19)13-9-18-14-7-6-11(2)8-12(14)15(13)21(3,4)10-17/h6-9H,5H2,1-4H3. The molecule has 0 bridgehead atoms. The molecule has 21 heavy (non-hydrogen) atoms. The molecule has 0 atom stereocenters. The minimum absolute atomic E-state index is 0.298. The molecular weight excluding hydrogens is 284 g/mol. The molecule has 5 heteroatoms. The molecule has 0 aliphatic carbocycles. The van der Waals surface area contributed by atoms with Gasteiger partial charge in [0.05, 0.1) is 17.7 Å². The molecule has 0 aliphatic heterocycles. The molecule has 4 nitrogen and oxygen atoms in total. The average molecular weight is 302 g/mol. The van der Waals surface area contributed by atoms with Gasteiger partial charge in [-0.3, -0.25) is 4.98 Å². The van der Waals surface area contributed by atoms with E-state index in [-0.39, 0.29) is 0 Å². The van der Waals surface area contributed by atoms with E-state index in [0.29, 0.717) is 12.2 Å². The van der Waals surface area contributed by atoms with Gasteiger partial charge in [0.15, 0.2) is 0 Å². The fourth-order valence-electron chi connectivity index (χ4n) is 2.23. The summed E-state index contributed by atoms with van der Waals surface area (Å²) in [5.41, 5.74) is 2.26. The van der Waals surface area contributed by atoms with Crippen LogP contribution in [0.4, 0.5) is 0 Å². The summed E-state index contributed by atoms with van der Waals surface area (Å²) in [5, 5.41) is 12.7. The van der Waals surface area contributed by atoms with Gasteiger partial charge >= 0.3 is 5.97 Å². The third-order valence-corrected chi connectivity index (χ3v) is 5.12. The molecule has 0 aliphatic rings. The zero-order valence-electron chi connectivity index (χ0n) is 12.6. The predicted octanol–water partition coefficient (Wildman–Crippen LogP) is 3.62. The molecule has 0 radical (unpaired) electrons. The fraction of sp³-hybridized carbons (Fsp3) is 0.312. The first-order valence-corrected chi connectivity index (χ1v) is 9.06. The molecule has 2 rings (SSSR count). The van der Waals surface area contributed by atoms with E-state index >= 15 is 0 Å². The molecule has 0 saturated heterocycles. The molecule has 0 unspecified atom stereocenters. The number of esters is 1. The van der Waals surface area contributed by atoms with Crippen LogP contribution in [0.1, 0.15) is 22.8 Å². The van der Waals surface area contributed by atoms with Crippen LogP contribution >= 0.6 is 10.0 Å². The average Bonchev–Trinajstić information content (AvgIpc) is 2.45. The lowest BCUT2D eigenvalue weighted by Gasteiger charge is -2.26. The lowest BCUT2D eigenvalue weighted by atomic mass is 10.1. The maximum absolute atomic E-state index is 12.2. The van der Waals surface area contributed by atoms with Gasteiger partial charge in [-0.2, -0.15) is 5.26 Å². The fourth-order valence-corrected chi connectivity index (χ4v) is 3.72. The number of benzene rings is 1.